The molecule has 0 spiro atoms. The Balaban J connectivity index is 2.23. The molecule has 1 aliphatic rings. The van der Waals surface area contributed by atoms with Crippen molar-refractivity contribution < 1.29 is 28.7 Å². The summed E-state index contributed by atoms with van der Waals surface area (Å²) < 4.78 is 11.9. The summed E-state index contributed by atoms with van der Waals surface area (Å²) in [7, 11) is 1.46. The molecule has 1 aliphatic heterocycles. The van der Waals surface area contributed by atoms with E-state index in [0.717, 1.165) is 5.56 Å². The van der Waals surface area contributed by atoms with Crippen LogP contribution in [0.2, 0.25) is 0 Å². The number of nitrogens with zero attached hydrogens (tertiary/aromatic N) is 1. The molecule has 0 aliphatic carbocycles. The van der Waals surface area contributed by atoms with E-state index in [1.165, 1.54) is 11.9 Å². The van der Waals surface area contributed by atoms with Crippen molar-refractivity contribution in [3.05, 3.63) is 47.5 Å². The van der Waals surface area contributed by atoms with E-state index in [1.54, 1.807) is 18.2 Å². The Morgan fingerprint density at radius 3 is 2.36 bits per heavy atom. The summed E-state index contributed by atoms with van der Waals surface area (Å²) in [4.78, 5) is 50.8. The predicted molar refractivity (Wildman–Crippen MR) is 145 cm³/mol. The van der Waals surface area contributed by atoms with Gasteiger partial charge in [0.15, 0.2) is 0 Å². The highest BCUT2D eigenvalue weighted by Crippen LogP contribution is 2.40. The van der Waals surface area contributed by atoms with E-state index in [9.17, 15) is 19.2 Å². The zero-order chi connectivity index (χ0) is 28.4. The van der Waals surface area contributed by atoms with Crippen LogP contribution in [0.5, 0.6) is 11.5 Å². The number of nitrogens with one attached hydrogen (secondary N) is 3. The third-order valence-corrected chi connectivity index (χ3v) is 6.14. The summed E-state index contributed by atoms with van der Waals surface area (Å²) in [5, 5.41) is 7.84. The van der Waals surface area contributed by atoms with Gasteiger partial charge in [-0.25, -0.2) is 0 Å². The van der Waals surface area contributed by atoms with Crippen LogP contribution >= 0.6 is 0 Å². The first kappa shape index (κ1) is 29.4. The fraction of sp³-hybridized carbons (Fsp3) is 0.407. The van der Waals surface area contributed by atoms with E-state index in [-0.39, 0.29) is 38.3 Å². The van der Waals surface area contributed by atoms with Crippen LogP contribution in [0.1, 0.15) is 24.1 Å². The summed E-state index contributed by atoms with van der Waals surface area (Å²) in [6.45, 7) is 2.44. The number of likely N-dealkylation sites (N-methyl/N-ethyl adjacent to an activating group) is 1. The number of hydrogen-bond acceptors (Lipinski definition) is 8. The Morgan fingerprint density at radius 1 is 1.08 bits per heavy atom. The summed E-state index contributed by atoms with van der Waals surface area (Å²) >= 11 is 0. The van der Waals surface area contributed by atoms with Crippen LogP contribution in [0, 0.1) is 0 Å². The van der Waals surface area contributed by atoms with E-state index < -0.39 is 17.9 Å². The number of carbonyl (C=O) groups excluding carboxylic acids is 4. The molecule has 0 saturated heterocycles. The minimum atomic E-state index is -1.11. The molecule has 2 unspecified atom stereocenters. The molecule has 3 rings (SSSR count). The summed E-state index contributed by atoms with van der Waals surface area (Å²) in [5.41, 5.74) is 14.1. The summed E-state index contributed by atoms with van der Waals surface area (Å²) in [5.74, 6) is -0.351. The molecular formula is C27H36N6O6. The SMILES string of the molecule is CC1Cc2ccc(OCCN)c(c2)-c2cc(ccc2OCCN)C(N(C)C(=O)CNC=O)C(=O)NCC(=O)N1. The van der Waals surface area contributed by atoms with E-state index in [1.807, 2.05) is 25.1 Å². The first-order valence-electron chi connectivity index (χ1n) is 12.7. The maximum Gasteiger partial charge on any atom is 0.247 e. The number of carbonyl (C=O) groups is 4. The number of nitrogens with two attached hydrogens (primary N) is 2. The van der Waals surface area contributed by atoms with Crippen molar-refractivity contribution in [3.63, 3.8) is 0 Å². The number of fused-ring (bicyclic) bond motifs is 5. The highest BCUT2D eigenvalue weighted by atomic mass is 16.5. The lowest BCUT2D eigenvalue weighted by Gasteiger charge is -2.29. The maximum atomic E-state index is 13.4. The van der Waals surface area contributed by atoms with Crippen LogP contribution in [-0.2, 0) is 25.6 Å². The van der Waals surface area contributed by atoms with Crippen LogP contribution in [0.15, 0.2) is 36.4 Å². The van der Waals surface area contributed by atoms with Crippen molar-refractivity contribution in [2.75, 3.05) is 46.4 Å². The average Bonchev–Trinajstić information content (AvgIpc) is 2.92. The van der Waals surface area contributed by atoms with Crippen molar-refractivity contribution in [1.82, 2.24) is 20.9 Å². The van der Waals surface area contributed by atoms with Gasteiger partial charge >= 0.3 is 0 Å². The van der Waals surface area contributed by atoms with Crippen molar-refractivity contribution in [2.24, 2.45) is 11.5 Å². The first-order chi connectivity index (χ1) is 18.8. The first-order valence-corrected chi connectivity index (χ1v) is 12.7. The second-order valence-electron chi connectivity index (χ2n) is 9.16. The monoisotopic (exact) mass is 540 g/mol. The molecule has 0 fully saturated rings. The molecule has 0 saturated carbocycles. The largest absolute Gasteiger partial charge is 0.492 e. The molecule has 2 aromatic rings. The quantitative estimate of drug-likeness (QED) is 0.249. The van der Waals surface area contributed by atoms with E-state index >= 15 is 0 Å². The maximum absolute atomic E-state index is 13.4. The van der Waals surface area contributed by atoms with Crippen molar-refractivity contribution in [2.45, 2.75) is 25.4 Å². The van der Waals surface area contributed by atoms with Gasteiger partial charge in [-0.2, -0.15) is 0 Å². The summed E-state index contributed by atoms with van der Waals surface area (Å²) in [6, 6.07) is 9.52. The third-order valence-electron chi connectivity index (χ3n) is 6.14. The van der Waals surface area contributed by atoms with Crippen LogP contribution in [-0.4, -0.2) is 81.5 Å². The van der Waals surface area contributed by atoms with Gasteiger partial charge in [0.2, 0.25) is 24.1 Å². The number of ether oxygens (including phenoxy) is 2. The molecule has 4 amide bonds. The van der Waals surface area contributed by atoms with Crippen LogP contribution in [0.25, 0.3) is 11.1 Å². The van der Waals surface area contributed by atoms with Crippen LogP contribution < -0.4 is 36.9 Å². The van der Waals surface area contributed by atoms with Crippen molar-refractivity contribution >= 4 is 24.1 Å². The normalized spacial score (nSPS) is 17.2. The van der Waals surface area contributed by atoms with E-state index in [2.05, 4.69) is 16.0 Å². The number of amides is 4. The zero-order valence-corrected chi connectivity index (χ0v) is 22.2. The van der Waals surface area contributed by atoms with Gasteiger partial charge in [0.05, 0.1) is 13.1 Å². The lowest BCUT2D eigenvalue weighted by molar-refractivity contribution is -0.139. The second-order valence-corrected chi connectivity index (χ2v) is 9.16. The number of hydrogen-bond donors (Lipinski definition) is 5. The predicted octanol–water partition coefficient (Wildman–Crippen LogP) is -0.549. The third kappa shape index (κ3) is 7.68. The molecule has 12 nitrogen and oxygen atoms in total. The lowest BCUT2D eigenvalue weighted by Crippen LogP contribution is -2.47. The van der Waals surface area contributed by atoms with Gasteiger partial charge in [-0.1, -0.05) is 12.1 Å². The van der Waals surface area contributed by atoms with Gasteiger partial charge in [0, 0.05) is 37.3 Å². The van der Waals surface area contributed by atoms with Gasteiger partial charge in [-0.05, 0) is 48.7 Å². The number of rotatable bonds is 10. The fourth-order valence-corrected chi connectivity index (χ4v) is 4.38. The van der Waals surface area contributed by atoms with Crippen LogP contribution in [0.4, 0.5) is 0 Å². The molecule has 4 bridgehead atoms. The molecular weight excluding hydrogens is 504 g/mol. The standard InChI is InChI=1S/C27H36N6O6/c1-17-11-18-3-5-22(38-9-7-28)20(12-18)21-13-19(4-6-23(21)39-10-8-29)26(27(37)31-14-24(35)32-17)33(2)25(36)15-30-16-34/h3-6,12-13,16-17,26H,7-11,14-15,28-29H2,1-2H3,(H,30,34)(H,31,37)(H,32,35). The van der Waals surface area contributed by atoms with Gasteiger partial charge in [0.1, 0.15) is 30.8 Å². The molecule has 12 heteroatoms. The zero-order valence-electron chi connectivity index (χ0n) is 22.2. The molecule has 2 aromatic carbocycles. The Morgan fingerprint density at radius 2 is 1.72 bits per heavy atom. The number of benzene rings is 2. The molecule has 1 heterocycles. The Labute approximate surface area is 227 Å². The molecule has 39 heavy (non-hydrogen) atoms. The van der Waals surface area contributed by atoms with Crippen molar-refractivity contribution in [1.29, 1.82) is 0 Å². The molecule has 0 radical (unpaired) electrons. The lowest BCUT2D eigenvalue weighted by atomic mass is 9.94. The Bertz CT molecular complexity index is 1190. The minimum Gasteiger partial charge on any atom is -0.492 e. The highest BCUT2D eigenvalue weighted by molar-refractivity contribution is 5.92. The van der Waals surface area contributed by atoms with Gasteiger partial charge in [0.25, 0.3) is 0 Å². The van der Waals surface area contributed by atoms with E-state index in [0.29, 0.717) is 54.1 Å². The topological polar surface area (TPSA) is 178 Å². The fourth-order valence-electron chi connectivity index (χ4n) is 4.38. The van der Waals surface area contributed by atoms with Gasteiger partial charge < -0.3 is 41.8 Å². The molecule has 0 aromatic heterocycles. The Hall–Kier alpha value is -4.16. The smallest absolute Gasteiger partial charge is 0.247 e. The van der Waals surface area contributed by atoms with E-state index in [4.69, 9.17) is 20.9 Å². The van der Waals surface area contributed by atoms with Crippen molar-refractivity contribution in [3.8, 4) is 22.6 Å². The second kappa shape index (κ2) is 14.1. The summed E-state index contributed by atoms with van der Waals surface area (Å²) in [6.07, 6.45) is 0.939. The molecule has 210 valence electrons. The Kier molecular flexibility index (Phi) is 10.6. The van der Waals surface area contributed by atoms with Gasteiger partial charge in [-0.15, -0.1) is 0 Å². The minimum absolute atomic E-state index is 0.227. The molecule has 2 atom stereocenters. The average molecular weight is 541 g/mol. The van der Waals surface area contributed by atoms with Gasteiger partial charge in [-0.3, -0.25) is 19.2 Å². The molecule has 7 N–H and O–H groups in total. The highest BCUT2D eigenvalue weighted by Gasteiger charge is 2.30. The van der Waals surface area contributed by atoms with Crippen LogP contribution in [0.3, 0.4) is 0 Å².